The lowest BCUT2D eigenvalue weighted by atomic mass is 10.2. The third kappa shape index (κ3) is 2.38. The molecule has 2 heterocycles. The number of benzene rings is 1. The molecule has 0 aliphatic carbocycles. The molecule has 0 N–H and O–H groups in total. The highest BCUT2D eigenvalue weighted by Gasteiger charge is 2.03. The summed E-state index contributed by atoms with van der Waals surface area (Å²) < 4.78 is 5.04. The van der Waals surface area contributed by atoms with Gasteiger partial charge in [-0.1, -0.05) is 41.2 Å². The molecule has 1 aromatic carbocycles. The van der Waals surface area contributed by atoms with Crippen molar-refractivity contribution in [3.05, 3.63) is 53.9 Å². The molecule has 3 nitrogen and oxygen atoms in total. The van der Waals surface area contributed by atoms with E-state index < -0.39 is 0 Å². The Bertz CT molecular complexity index is 678. The van der Waals surface area contributed by atoms with Crippen LogP contribution in [0.4, 0.5) is 0 Å². The maximum atomic E-state index is 5.04. The molecule has 0 atom stereocenters. The van der Waals surface area contributed by atoms with Crippen LogP contribution in [0.2, 0.25) is 0 Å². The largest absolute Gasteiger partial charge is 0.361 e. The Hall–Kier alpha value is -1.81. The van der Waals surface area contributed by atoms with Crippen molar-refractivity contribution in [3.8, 4) is 0 Å². The second-order valence-electron chi connectivity index (χ2n) is 4.06. The lowest BCUT2D eigenvalue weighted by molar-refractivity contribution is 0.393. The minimum atomic E-state index is 0.780. The van der Waals surface area contributed by atoms with Gasteiger partial charge in [0, 0.05) is 17.2 Å². The van der Waals surface area contributed by atoms with E-state index in [1.807, 2.05) is 37.3 Å². The SMILES string of the molecule is Cc1cc(CSc2ccc3ccccc3n2)no1. The minimum Gasteiger partial charge on any atom is -0.361 e. The molecule has 3 rings (SSSR count). The van der Waals surface area contributed by atoms with Gasteiger partial charge in [0.15, 0.2) is 0 Å². The average molecular weight is 256 g/mol. The molecule has 0 saturated heterocycles. The van der Waals surface area contributed by atoms with Crippen LogP contribution in [0, 0.1) is 6.92 Å². The fourth-order valence-electron chi connectivity index (χ4n) is 1.76. The zero-order chi connectivity index (χ0) is 12.4. The molecule has 0 aliphatic heterocycles. The normalized spacial score (nSPS) is 10.9. The summed E-state index contributed by atoms with van der Waals surface area (Å²) in [7, 11) is 0. The highest BCUT2D eigenvalue weighted by Crippen LogP contribution is 2.23. The van der Waals surface area contributed by atoms with Crippen LogP contribution >= 0.6 is 11.8 Å². The minimum absolute atomic E-state index is 0.780. The quantitative estimate of drug-likeness (QED) is 0.668. The number of nitrogens with zero attached hydrogens (tertiary/aromatic N) is 2. The summed E-state index contributed by atoms with van der Waals surface area (Å²) in [5.41, 5.74) is 1.98. The first-order valence-electron chi connectivity index (χ1n) is 5.72. The van der Waals surface area contributed by atoms with Gasteiger partial charge >= 0.3 is 0 Å². The topological polar surface area (TPSA) is 38.9 Å². The Balaban J connectivity index is 1.78. The first kappa shape index (κ1) is 11.3. The van der Waals surface area contributed by atoms with E-state index in [4.69, 9.17) is 4.52 Å². The van der Waals surface area contributed by atoms with Crippen LogP contribution in [0.5, 0.6) is 0 Å². The number of pyridine rings is 1. The molecule has 2 aromatic heterocycles. The van der Waals surface area contributed by atoms with Gasteiger partial charge in [0.25, 0.3) is 0 Å². The fourth-order valence-corrected chi connectivity index (χ4v) is 2.52. The van der Waals surface area contributed by atoms with Gasteiger partial charge in [-0.3, -0.25) is 0 Å². The van der Waals surface area contributed by atoms with Crippen LogP contribution in [-0.2, 0) is 5.75 Å². The highest BCUT2D eigenvalue weighted by atomic mass is 32.2. The summed E-state index contributed by atoms with van der Waals surface area (Å²) in [5.74, 6) is 1.62. The number of para-hydroxylation sites is 1. The Labute approximate surface area is 109 Å². The summed E-state index contributed by atoms with van der Waals surface area (Å²) >= 11 is 1.67. The summed E-state index contributed by atoms with van der Waals surface area (Å²) in [4.78, 5) is 4.60. The lowest BCUT2D eigenvalue weighted by Crippen LogP contribution is -1.84. The average Bonchev–Trinajstić information content (AvgIpc) is 2.82. The second kappa shape index (κ2) is 4.82. The van der Waals surface area contributed by atoms with Crippen LogP contribution in [0.3, 0.4) is 0 Å². The van der Waals surface area contributed by atoms with Gasteiger partial charge in [-0.2, -0.15) is 0 Å². The molecule has 0 spiro atoms. The zero-order valence-corrected chi connectivity index (χ0v) is 10.8. The maximum absolute atomic E-state index is 5.04. The van der Waals surface area contributed by atoms with Crippen LogP contribution in [0.25, 0.3) is 10.9 Å². The van der Waals surface area contributed by atoms with Gasteiger partial charge in [-0.15, -0.1) is 0 Å². The molecule has 0 fully saturated rings. The van der Waals surface area contributed by atoms with Gasteiger partial charge in [0.1, 0.15) is 5.76 Å². The smallest absolute Gasteiger partial charge is 0.133 e. The van der Waals surface area contributed by atoms with Crippen molar-refractivity contribution in [2.45, 2.75) is 17.7 Å². The fraction of sp³-hybridized carbons (Fsp3) is 0.143. The maximum Gasteiger partial charge on any atom is 0.133 e. The Morgan fingerprint density at radius 2 is 2.06 bits per heavy atom. The van der Waals surface area contributed by atoms with Gasteiger partial charge in [-0.25, -0.2) is 4.98 Å². The van der Waals surface area contributed by atoms with E-state index in [-0.39, 0.29) is 0 Å². The molecule has 18 heavy (non-hydrogen) atoms. The van der Waals surface area contributed by atoms with Crippen molar-refractivity contribution < 1.29 is 4.52 Å². The number of thioether (sulfide) groups is 1. The number of aromatic nitrogens is 2. The highest BCUT2D eigenvalue weighted by molar-refractivity contribution is 7.98. The van der Waals surface area contributed by atoms with Crippen molar-refractivity contribution in [1.29, 1.82) is 0 Å². The number of aryl methyl sites for hydroxylation is 1. The predicted octanol–water partition coefficient (Wildman–Crippen LogP) is 3.82. The Morgan fingerprint density at radius 3 is 2.89 bits per heavy atom. The molecule has 0 bridgehead atoms. The number of hydrogen-bond donors (Lipinski definition) is 0. The Morgan fingerprint density at radius 1 is 1.17 bits per heavy atom. The van der Waals surface area contributed by atoms with Gasteiger partial charge in [-0.05, 0) is 19.1 Å². The van der Waals surface area contributed by atoms with Crippen molar-refractivity contribution in [3.63, 3.8) is 0 Å². The van der Waals surface area contributed by atoms with E-state index in [1.54, 1.807) is 11.8 Å². The molecule has 0 aliphatic rings. The molecule has 0 saturated carbocycles. The Kier molecular flexibility index (Phi) is 3.02. The first-order chi connectivity index (χ1) is 8.81. The van der Waals surface area contributed by atoms with E-state index in [0.29, 0.717) is 0 Å². The molecule has 3 aromatic rings. The number of rotatable bonds is 3. The van der Waals surface area contributed by atoms with E-state index >= 15 is 0 Å². The third-order valence-electron chi connectivity index (χ3n) is 2.62. The monoisotopic (exact) mass is 256 g/mol. The van der Waals surface area contributed by atoms with E-state index in [0.717, 1.165) is 27.7 Å². The van der Waals surface area contributed by atoms with Gasteiger partial charge in [0.2, 0.25) is 0 Å². The third-order valence-corrected chi connectivity index (χ3v) is 3.58. The molecule has 0 amide bonds. The van der Waals surface area contributed by atoms with Crippen molar-refractivity contribution in [2.75, 3.05) is 0 Å². The van der Waals surface area contributed by atoms with Gasteiger partial charge in [0.05, 0.1) is 16.2 Å². The summed E-state index contributed by atoms with van der Waals surface area (Å²) in [5, 5.41) is 6.14. The lowest BCUT2D eigenvalue weighted by Gasteiger charge is -2.01. The van der Waals surface area contributed by atoms with Crippen molar-refractivity contribution in [2.24, 2.45) is 0 Å². The molecule has 4 heteroatoms. The molecule has 0 unspecified atom stereocenters. The molecule has 0 radical (unpaired) electrons. The van der Waals surface area contributed by atoms with E-state index in [1.165, 1.54) is 5.39 Å². The van der Waals surface area contributed by atoms with Crippen molar-refractivity contribution in [1.82, 2.24) is 10.1 Å². The first-order valence-corrected chi connectivity index (χ1v) is 6.70. The van der Waals surface area contributed by atoms with Crippen LogP contribution in [0.15, 0.2) is 52.0 Å². The summed E-state index contributed by atoms with van der Waals surface area (Å²) in [6.07, 6.45) is 0. The molecular weight excluding hydrogens is 244 g/mol. The van der Waals surface area contributed by atoms with Crippen molar-refractivity contribution >= 4 is 22.7 Å². The molecular formula is C14H12N2OS. The van der Waals surface area contributed by atoms with E-state index in [9.17, 15) is 0 Å². The summed E-state index contributed by atoms with van der Waals surface area (Å²) in [6, 6.07) is 14.2. The number of hydrogen-bond acceptors (Lipinski definition) is 4. The predicted molar refractivity (Wildman–Crippen MR) is 72.5 cm³/mol. The zero-order valence-electron chi connectivity index (χ0n) is 9.96. The molecule has 90 valence electrons. The summed E-state index contributed by atoms with van der Waals surface area (Å²) in [6.45, 7) is 1.90. The number of fused-ring (bicyclic) bond motifs is 1. The van der Waals surface area contributed by atoms with Crippen LogP contribution < -0.4 is 0 Å². The van der Waals surface area contributed by atoms with E-state index in [2.05, 4.69) is 22.3 Å². The van der Waals surface area contributed by atoms with Crippen LogP contribution in [0.1, 0.15) is 11.5 Å². The standard InChI is InChI=1S/C14H12N2OS/c1-10-8-12(16-17-10)9-18-14-7-6-11-4-2-3-5-13(11)15-14/h2-8H,9H2,1H3. The second-order valence-corrected chi connectivity index (χ2v) is 5.06. The van der Waals surface area contributed by atoms with Crippen LogP contribution in [-0.4, -0.2) is 10.1 Å². The van der Waals surface area contributed by atoms with Gasteiger partial charge < -0.3 is 4.52 Å².